The Hall–Kier alpha value is -2.76. The molecule has 0 aliphatic carbocycles. The molecule has 0 aliphatic heterocycles. The lowest BCUT2D eigenvalue weighted by Gasteiger charge is -2.09. The minimum atomic E-state index is -0.271. The average molecular weight is 371 g/mol. The number of carbonyl (C=O) groups excluding carboxylic acids is 1. The van der Waals surface area contributed by atoms with Gasteiger partial charge in [0.1, 0.15) is 12.4 Å². The fourth-order valence-corrected chi connectivity index (χ4v) is 2.51. The third-order valence-corrected chi connectivity index (χ3v) is 3.89. The van der Waals surface area contributed by atoms with E-state index in [1.165, 1.54) is 0 Å². The third-order valence-electron chi connectivity index (χ3n) is 3.64. The first-order valence-electron chi connectivity index (χ1n) is 8.17. The van der Waals surface area contributed by atoms with Crippen LogP contribution in [0.5, 0.6) is 0 Å². The molecule has 0 spiro atoms. The van der Waals surface area contributed by atoms with Gasteiger partial charge in [-0.2, -0.15) is 0 Å². The van der Waals surface area contributed by atoms with Crippen molar-refractivity contribution in [1.82, 2.24) is 5.32 Å². The van der Waals surface area contributed by atoms with Crippen LogP contribution in [0.25, 0.3) is 0 Å². The summed E-state index contributed by atoms with van der Waals surface area (Å²) in [7, 11) is 0. The fraction of sp³-hybridized carbons (Fsp3) is 0.150. The maximum atomic E-state index is 12.0. The van der Waals surface area contributed by atoms with Gasteiger partial charge in [0.2, 0.25) is 0 Å². The molecule has 0 bridgehead atoms. The lowest BCUT2D eigenvalue weighted by molar-refractivity contribution is 0.0929. The van der Waals surface area contributed by atoms with Crippen LogP contribution in [0.2, 0.25) is 5.02 Å². The molecule has 3 rings (SSSR count). The number of rotatable bonds is 7. The molecule has 134 valence electrons. The Morgan fingerprint density at radius 2 is 1.81 bits per heavy atom. The van der Waals surface area contributed by atoms with E-state index in [-0.39, 0.29) is 6.03 Å². The first kappa shape index (κ1) is 18.0. The number of nitrogens with one attached hydrogen (secondary N) is 2. The van der Waals surface area contributed by atoms with Crippen LogP contribution < -0.4 is 10.6 Å². The number of amides is 2. The van der Waals surface area contributed by atoms with Crippen LogP contribution in [0.1, 0.15) is 16.9 Å². The minimum absolute atomic E-state index is 0.271. The number of ether oxygens (including phenoxy) is 1. The molecule has 5 nitrogen and oxygen atoms in total. The van der Waals surface area contributed by atoms with Gasteiger partial charge < -0.3 is 19.8 Å². The smallest absolute Gasteiger partial charge is 0.319 e. The van der Waals surface area contributed by atoms with Gasteiger partial charge in [-0.3, -0.25) is 0 Å². The first-order chi connectivity index (χ1) is 12.7. The second-order valence-electron chi connectivity index (χ2n) is 5.71. The van der Waals surface area contributed by atoms with Crippen molar-refractivity contribution in [2.45, 2.75) is 19.8 Å². The van der Waals surface area contributed by atoms with Gasteiger partial charge in [0.15, 0.2) is 0 Å². The van der Waals surface area contributed by atoms with Crippen molar-refractivity contribution >= 4 is 23.3 Å². The lowest BCUT2D eigenvalue weighted by atomic mass is 10.1. The Kier molecular flexibility index (Phi) is 6.30. The van der Waals surface area contributed by atoms with E-state index in [9.17, 15) is 4.79 Å². The average Bonchev–Trinajstić information content (AvgIpc) is 3.16. The molecule has 26 heavy (non-hydrogen) atoms. The molecule has 0 atom stereocenters. The number of hydrogen-bond donors (Lipinski definition) is 2. The molecule has 0 fully saturated rings. The molecule has 2 N–H and O–H groups in total. The van der Waals surface area contributed by atoms with Crippen molar-refractivity contribution in [3.63, 3.8) is 0 Å². The Morgan fingerprint density at radius 3 is 2.58 bits per heavy atom. The topological polar surface area (TPSA) is 63.5 Å². The van der Waals surface area contributed by atoms with Gasteiger partial charge in [0.05, 0.1) is 12.9 Å². The number of urea groups is 1. The van der Waals surface area contributed by atoms with Gasteiger partial charge in [-0.05, 0) is 47.5 Å². The molecule has 0 aliphatic rings. The summed E-state index contributed by atoms with van der Waals surface area (Å²) in [5, 5.41) is 6.22. The first-order valence-corrected chi connectivity index (χ1v) is 8.55. The van der Waals surface area contributed by atoms with Crippen LogP contribution in [-0.2, 0) is 24.5 Å². The summed E-state index contributed by atoms with van der Waals surface area (Å²) in [4.78, 5) is 12.0. The van der Waals surface area contributed by atoms with E-state index in [0.29, 0.717) is 30.5 Å². The van der Waals surface area contributed by atoms with E-state index in [1.807, 2.05) is 36.4 Å². The standard InChI is InChI=1S/C20H19ClN2O3/c21-17-6-8-18(9-7-17)23-20(24)22-12-15-3-1-4-16(11-15)13-25-14-19-5-2-10-26-19/h1-11H,12-14H2,(H2,22,23,24). The van der Waals surface area contributed by atoms with Crippen molar-refractivity contribution in [2.75, 3.05) is 5.32 Å². The maximum absolute atomic E-state index is 12.0. The number of benzene rings is 2. The summed E-state index contributed by atoms with van der Waals surface area (Å²) < 4.78 is 10.9. The summed E-state index contributed by atoms with van der Waals surface area (Å²) in [6.45, 7) is 1.33. The van der Waals surface area contributed by atoms with Crippen molar-refractivity contribution in [2.24, 2.45) is 0 Å². The van der Waals surface area contributed by atoms with Crippen molar-refractivity contribution in [3.05, 3.63) is 88.8 Å². The summed E-state index contributed by atoms with van der Waals surface area (Å²) in [6, 6.07) is 18.3. The number of anilines is 1. The Morgan fingerprint density at radius 1 is 1.00 bits per heavy atom. The highest BCUT2D eigenvalue weighted by Gasteiger charge is 2.03. The van der Waals surface area contributed by atoms with Crippen molar-refractivity contribution in [1.29, 1.82) is 0 Å². The Balaban J connectivity index is 1.45. The number of hydrogen-bond acceptors (Lipinski definition) is 3. The molecule has 0 saturated carbocycles. The summed E-state index contributed by atoms with van der Waals surface area (Å²) in [6.07, 6.45) is 1.63. The quantitative estimate of drug-likeness (QED) is 0.617. The van der Waals surface area contributed by atoms with Crippen molar-refractivity contribution in [3.8, 4) is 0 Å². The van der Waals surface area contributed by atoms with E-state index in [4.69, 9.17) is 20.8 Å². The van der Waals surface area contributed by atoms with Gasteiger partial charge >= 0.3 is 6.03 Å². The van der Waals surface area contributed by atoms with Crippen LogP contribution in [0.3, 0.4) is 0 Å². The minimum Gasteiger partial charge on any atom is -0.467 e. The fourth-order valence-electron chi connectivity index (χ4n) is 2.38. The monoisotopic (exact) mass is 370 g/mol. The van der Waals surface area contributed by atoms with Crippen LogP contribution in [0.4, 0.5) is 10.5 Å². The van der Waals surface area contributed by atoms with Crippen LogP contribution in [0, 0.1) is 0 Å². The Bertz CT molecular complexity index is 833. The van der Waals surface area contributed by atoms with Crippen LogP contribution in [-0.4, -0.2) is 6.03 Å². The molecular formula is C20H19ClN2O3. The Labute approximate surface area is 156 Å². The van der Waals surface area contributed by atoms with Crippen LogP contribution >= 0.6 is 11.6 Å². The van der Waals surface area contributed by atoms with Gasteiger partial charge in [0, 0.05) is 17.3 Å². The zero-order chi connectivity index (χ0) is 18.2. The molecule has 6 heteroatoms. The predicted molar refractivity (Wildman–Crippen MR) is 101 cm³/mol. The molecule has 1 aromatic heterocycles. The SMILES string of the molecule is O=C(NCc1cccc(COCc2ccco2)c1)Nc1ccc(Cl)cc1. The number of furan rings is 1. The molecular weight excluding hydrogens is 352 g/mol. The maximum Gasteiger partial charge on any atom is 0.319 e. The molecule has 0 radical (unpaired) electrons. The van der Waals surface area contributed by atoms with E-state index in [2.05, 4.69) is 10.6 Å². The van der Waals surface area contributed by atoms with E-state index in [1.54, 1.807) is 30.5 Å². The second-order valence-corrected chi connectivity index (χ2v) is 6.14. The summed E-state index contributed by atoms with van der Waals surface area (Å²) in [5.74, 6) is 0.793. The largest absolute Gasteiger partial charge is 0.467 e. The highest BCUT2D eigenvalue weighted by Crippen LogP contribution is 2.13. The normalized spacial score (nSPS) is 10.5. The molecule has 0 saturated heterocycles. The summed E-state index contributed by atoms with van der Waals surface area (Å²) in [5.41, 5.74) is 2.72. The van der Waals surface area contributed by atoms with Gasteiger partial charge in [-0.1, -0.05) is 35.9 Å². The van der Waals surface area contributed by atoms with E-state index in [0.717, 1.165) is 16.9 Å². The van der Waals surface area contributed by atoms with Crippen LogP contribution in [0.15, 0.2) is 71.3 Å². The predicted octanol–water partition coefficient (Wildman–Crippen LogP) is 4.97. The molecule has 1 heterocycles. The van der Waals surface area contributed by atoms with Gasteiger partial charge in [-0.25, -0.2) is 4.79 Å². The van der Waals surface area contributed by atoms with Gasteiger partial charge in [0.25, 0.3) is 0 Å². The lowest BCUT2D eigenvalue weighted by Crippen LogP contribution is -2.28. The summed E-state index contributed by atoms with van der Waals surface area (Å²) >= 11 is 5.83. The van der Waals surface area contributed by atoms with E-state index < -0.39 is 0 Å². The zero-order valence-corrected chi connectivity index (χ0v) is 14.8. The third kappa shape index (κ3) is 5.65. The van der Waals surface area contributed by atoms with Crippen molar-refractivity contribution < 1.29 is 13.9 Å². The highest BCUT2D eigenvalue weighted by molar-refractivity contribution is 6.30. The van der Waals surface area contributed by atoms with Gasteiger partial charge in [-0.15, -0.1) is 0 Å². The highest BCUT2D eigenvalue weighted by atomic mass is 35.5. The number of halogens is 1. The molecule has 0 unspecified atom stereocenters. The molecule has 3 aromatic rings. The van der Waals surface area contributed by atoms with E-state index >= 15 is 0 Å². The second kappa shape index (κ2) is 9.08. The molecule has 2 amide bonds. The number of carbonyl (C=O) groups is 1. The zero-order valence-electron chi connectivity index (χ0n) is 14.1. The molecule has 2 aromatic carbocycles.